The Kier molecular flexibility index (Phi) is 4.43. The van der Waals surface area contributed by atoms with Crippen molar-refractivity contribution < 1.29 is 4.79 Å². The van der Waals surface area contributed by atoms with Crippen molar-refractivity contribution in [2.24, 2.45) is 11.7 Å². The van der Waals surface area contributed by atoms with Crippen LogP contribution in [-0.4, -0.2) is 23.4 Å². The van der Waals surface area contributed by atoms with Gasteiger partial charge < -0.3 is 10.6 Å². The summed E-state index contributed by atoms with van der Waals surface area (Å²) >= 11 is 0. The monoisotopic (exact) mass is 288 g/mol. The van der Waals surface area contributed by atoms with Crippen LogP contribution in [0.15, 0.2) is 24.3 Å². The fraction of sp³-hybridized carbons (Fsp3) is 0.611. The molecule has 0 bridgehead atoms. The molecule has 1 aliphatic rings. The molecular weight excluding hydrogens is 260 g/mol. The van der Waals surface area contributed by atoms with Gasteiger partial charge in [-0.3, -0.25) is 4.79 Å². The zero-order valence-corrected chi connectivity index (χ0v) is 13.9. The van der Waals surface area contributed by atoms with E-state index in [4.69, 9.17) is 5.73 Å². The molecule has 116 valence electrons. The average Bonchev–Trinajstić information content (AvgIpc) is 2.63. The van der Waals surface area contributed by atoms with Gasteiger partial charge in [0.1, 0.15) is 0 Å². The Labute approximate surface area is 128 Å². The first-order valence-electron chi connectivity index (χ1n) is 7.85. The molecule has 0 aromatic heterocycles. The third-order valence-electron chi connectivity index (χ3n) is 4.15. The van der Waals surface area contributed by atoms with Gasteiger partial charge in [0, 0.05) is 19.0 Å². The highest BCUT2D eigenvalue weighted by Crippen LogP contribution is 2.34. The Balaban J connectivity index is 2.28. The molecule has 2 rings (SSSR count). The van der Waals surface area contributed by atoms with E-state index in [1.54, 1.807) is 0 Å². The molecule has 1 aliphatic heterocycles. The number of carbonyl (C=O) groups is 1. The van der Waals surface area contributed by atoms with Crippen LogP contribution in [0.5, 0.6) is 0 Å². The minimum absolute atomic E-state index is 0.0221. The summed E-state index contributed by atoms with van der Waals surface area (Å²) < 4.78 is 0. The summed E-state index contributed by atoms with van der Waals surface area (Å²) in [6.07, 6.45) is 0.457. The maximum Gasteiger partial charge on any atom is 0.224 e. The molecule has 1 saturated heterocycles. The van der Waals surface area contributed by atoms with Gasteiger partial charge in [0.15, 0.2) is 0 Å². The average molecular weight is 288 g/mol. The van der Waals surface area contributed by atoms with E-state index in [2.05, 4.69) is 58.9 Å². The van der Waals surface area contributed by atoms with E-state index in [1.807, 2.05) is 4.90 Å². The molecule has 3 nitrogen and oxygen atoms in total. The summed E-state index contributed by atoms with van der Waals surface area (Å²) in [6.45, 7) is 11.7. The molecule has 1 aromatic rings. The molecule has 1 amide bonds. The Bertz CT molecular complexity index is 499. The summed E-state index contributed by atoms with van der Waals surface area (Å²) in [4.78, 5) is 14.1. The largest absolute Gasteiger partial charge is 0.334 e. The van der Waals surface area contributed by atoms with Crippen molar-refractivity contribution in [1.82, 2.24) is 4.90 Å². The molecule has 1 heterocycles. The molecule has 2 N–H and O–H groups in total. The van der Waals surface area contributed by atoms with Gasteiger partial charge in [0.25, 0.3) is 0 Å². The Hall–Kier alpha value is -1.35. The summed E-state index contributed by atoms with van der Waals surface area (Å²) in [5, 5.41) is 0. The van der Waals surface area contributed by atoms with Crippen molar-refractivity contribution in [2.75, 3.05) is 6.54 Å². The fourth-order valence-corrected chi connectivity index (χ4v) is 3.03. The zero-order chi connectivity index (χ0) is 15.8. The predicted molar refractivity (Wildman–Crippen MR) is 87.0 cm³/mol. The van der Waals surface area contributed by atoms with Crippen LogP contribution < -0.4 is 5.73 Å². The minimum atomic E-state index is -0.100. The normalized spacial score (nSPS) is 23.2. The number of rotatable bonds is 3. The van der Waals surface area contributed by atoms with Gasteiger partial charge in [0.05, 0.1) is 6.04 Å². The summed E-state index contributed by atoms with van der Waals surface area (Å²) in [5.41, 5.74) is 8.83. The molecule has 0 radical (unpaired) electrons. The van der Waals surface area contributed by atoms with Crippen LogP contribution >= 0.6 is 0 Å². The van der Waals surface area contributed by atoms with Crippen molar-refractivity contribution in [1.29, 1.82) is 0 Å². The van der Waals surface area contributed by atoms with Crippen LogP contribution in [0.2, 0.25) is 0 Å². The second kappa shape index (κ2) is 5.80. The summed E-state index contributed by atoms with van der Waals surface area (Å²) in [5.74, 6) is 0.636. The van der Waals surface area contributed by atoms with Crippen LogP contribution in [0, 0.1) is 5.92 Å². The minimum Gasteiger partial charge on any atom is -0.334 e. The third kappa shape index (κ3) is 3.46. The molecule has 0 saturated carbocycles. The van der Waals surface area contributed by atoms with E-state index in [1.165, 1.54) is 5.56 Å². The highest BCUT2D eigenvalue weighted by atomic mass is 16.2. The van der Waals surface area contributed by atoms with Gasteiger partial charge in [-0.05, 0) is 22.5 Å². The van der Waals surface area contributed by atoms with Crippen LogP contribution in [0.3, 0.4) is 0 Å². The lowest BCUT2D eigenvalue weighted by Crippen LogP contribution is -2.35. The van der Waals surface area contributed by atoms with E-state index in [0.717, 1.165) is 12.1 Å². The molecule has 2 unspecified atom stereocenters. The van der Waals surface area contributed by atoms with Crippen molar-refractivity contribution in [2.45, 2.75) is 58.5 Å². The van der Waals surface area contributed by atoms with Gasteiger partial charge in [0.2, 0.25) is 5.91 Å². The molecule has 21 heavy (non-hydrogen) atoms. The van der Waals surface area contributed by atoms with Crippen LogP contribution in [0.4, 0.5) is 0 Å². The maximum atomic E-state index is 12.2. The molecule has 0 aliphatic carbocycles. The quantitative estimate of drug-likeness (QED) is 0.928. The van der Waals surface area contributed by atoms with E-state index >= 15 is 0 Å². The second-order valence-electron chi connectivity index (χ2n) is 7.62. The molecule has 1 aromatic carbocycles. The molecule has 3 heteroatoms. The summed E-state index contributed by atoms with van der Waals surface area (Å²) in [7, 11) is 0. The van der Waals surface area contributed by atoms with Gasteiger partial charge >= 0.3 is 0 Å². The Morgan fingerprint density at radius 2 is 1.81 bits per heavy atom. The molecule has 0 spiro atoms. The molecule has 1 fully saturated rings. The van der Waals surface area contributed by atoms with Crippen molar-refractivity contribution in [3.05, 3.63) is 35.4 Å². The van der Waals surface area contributed by atoms with Gasteiger partial charge in [-0.1, -0.05) is 58.9 Å². The number of benzene rings is 1. The van der Waals surface area contributed by atoms with E-state index in [-0.39, 0.29) is 23.4 Å². The molecular formula is C18H28N2O. The first kappa shape index (κ1) is 16.0. The lowest BCUT2D eigenvalue weighted by molar-refractivity contribution is -0.129. The first-order chi connectivity index (χ1) is 9.70. The number of amides is 1. The van der Waals surface area contributed by atoms with E-state index in [0.29, 0.717) is 12.3 Å². The zero-order valence-electron chi connectivity index (χ0n) is 13.9. The van der Waals surface area contributed by atoms with Gasteiger partial charge in [-0.2, -0.15) is 0 Å². The van der Waals surface area contributed by atoms with Gasteiger partial charge in [-0.25, -0.2) is 0 Å². The number of nitrogens with zero attached hydrogens (tertiary/aromatic N) is 1. The first-order valence-corrected chi connectivity index (χ1v) is 7.85. The Morgan fingerprint density at radius 3 is 2.29 bits per heavy atom. The lowest BCUT2D eigenvalue weighted by atomic mass is 9.86. The number of hydrogen-bond donors (Lipinski definition) is 1. The molecule has 2 atom stereocenters. The number of hydrogen-bond acceptors (Lipinski definition) is 2. The lowest BCUT2D eigenvalue weighted by Gasteiger charge is -2.29. The Morgan fingerprint density at radius 1 is 1.24 bits per heavy atom. The van der Waals surface area contributed by atoms with Crippen molar-refractivity contribution >= 4 is 5.91 Å². The van der Waals surface area contributed by atoms with Crippen molar-refractivity contribution in [3.63, 3.8) is 0 Å². The van der Waals surface area contributed by atoms with Gasteiger partial charge in [-0.15, -0.1) is 0 Å². The van der Waals surface area contributed by atoms with Crippen molar-refractivity contribution in [3.8, 4) is 0 Å². The second-order valence-corrected chi connectivity index (χ2v) is 7.62. The fourth-order valence-electron chi connectivity index (χ4n) is 3.03. The number of likely N-dealkylation sites (tertiary alicyclic amines) is 1. The standard InChI is InChI=1S/C18H28N2O/c1-12(2)11-20-16(21)10-15(19)17(20)13-6-8-14(9-7-13)18(3,4)5/h6-9,12,15,17H,10-11,19H2,1-5H3. The van der Waals surface area contributed by atoms with Crippen LogP contribution in [0.1, 0.15) is 58.2 Å². The SMILES string of the molecule is CC(C)CN1C(=O)CC(N)C1c1ccc(C(C)(C)C)cc1. The van der Waals surface area contributed by atoms with E-state index in [9.17, 15) is 4.79 Å². The predicted octanol–water partition coefficient (Wildman–Crippen LogP) is 3.24. The third-order valence-corrected chi connectivity index (χ3v) is 4.15. The van der Waals surface area contributed by atoms with Crippen LogP contribution in [0.25, 0.3) is 0 Å². The van der Waals surface area contributed by atoms with Crippen LogP contribution in [-0.2, 0) is 10.2 Å². The maximum absolute atomic E-state index is 12.2. The summed E-state index contributed by atoms with van der Waals surface area (Å²) in [6, 6.07) is 8.52. The smallest absolute Gasteiger partial charge is 0.224 e. The number of carbonyl (C=O) groups excluding carboxylic acids is 1. The highest BCUT2D eigenvalue weighted by molar-refractivity contribution is 5.80. The number of nitrogens with two attached hydrogens (primary N) is 1. The highest BCUT2D eigenvalue weighted by Gasteiger charge is 2.38. The van der Waals surface area contributed by atoms with E-state index < -0.39 is 0 Å². The topological polar surface area (TPSA) is 46.3 Å².